The molecule has 0 saturated heterocycles. The number of rotatable bonds is 2. The van der Waals surface area contributed by atoms with Crippen LogP contribution in [-0.4, -0.2) is 5.91 Å². The van der Waals surface area contributed by atoms with Gasteiger partial charge in [-0.3, -0.25) is 4.79 Å². The van der Waals surface area contributed by atoms with E-state index in [1.54, 1.807) is 6.92 Å². The van der Waals surface area contributed by atoms with Crippen molar-refractivity contribution in [2.45, 2.75) is 25.2 Å². The van der Waals surface area contributed by atoms with E-state index < -0.39 is 0 Å². The lowest BCUT2D eigenvalue weighted by Crippen LogP contribution is -2.06. The molecule has 0 bridgehead atoms. The zero-order valence-corrected chi connectivity index (χ0v) is 11.2. The third kappa shape index (κ3) is 9.28. The molecule has 0 saturated carbocycles. The smallest absolute Gasteiger partial charge is 0.217 e. The van der Waals surface area contributed by atoms with Crippen LogP contribution in [-0.2, 0) is 4.79 Å². The number of benzene rings is 1. The topological polar surface area (TPSA) is 43.1 Å². The number of thiol groups is 1. The lowest BCUT2D eigenvalue weighted by Gasteiger charge is -2.01. The molecule has 1 aromatic rings. The van der Waals surface area contributed by atoms with Crippen molar-refractivity contribution in [3.05, 3.63) is 36.4 Å². The van der Waals surface area contributed by atoms with Crippen molar-refractivity contribution in [1.29, 1.82) is 0 Å². The van der Waals surface area contributed by atoms with Gasteiger partial charge in [-0.15, -0.1) is 25.5 Å². The van der Waals surface area contributed by atoms with Crippen LogP contribution in [0.1, 0.15) is 25.8 Å². The maximum absolute atomic E-state index is 9.59. The van der Waals surface area contributed by atoms with Crippen LogP contribution < -0.4 is 5.73 Å². The number of hydrogen-bond donors (Lipinski definition) is 2. The largest absolute Gasteiger partial charge is 0.370 e. The number of hydrogen-bond acceptors (Lipinski definition) is 2. The van der Waals surface area contributed by atoms with Crippen molar-refractivity contribution in [1.82, 2.24) is 0 Å². The summed E-state index contributed by atoms with van der Waals surface area (Å²) in [6.45, 7) is 7.54. The molecule has 0 fully saturated rings. The van der Waals surface area contributed by atoms with E-state index >= 15 is 0 Å². The van der Waals surface area contributed by atoms with Gasteiger partial charge in [0.05, 0.1) is 0 Å². The first-order valence-electron chi connectivity index (χ1n) is 5.04. The van der Waals surface area contributed by atoms with Crippen molar-refractivity contribution >= 4 is 24.1 Å². The molecule has 1 rings (SSSR count). The van der Waals surface area contributed by atoms with E-state index in [1.807, 2.05) is 31.2 Å². The van der Waals surface area contributed by atoms with Crippen molar-refractivity contribution in [2.75, 3.05) is 0 Å². The van der Waals surface area contributed by atoms with Crippen molar-refractivity contribution in [2.24, 2.45) is 5.73 Å². The number of nitrogens with two attached hydrogens (primary N) is 1. The Bertz CT molecular complexity index is 383. The first-order valence-corrected chi connectivity index (χ1v) is 5.49. The molecular weight excluding hydrogens is 230 g/mol. The van der Waals surface area contributed by atoms with Crippen molar-refractivity contribution in [3.63, 3.8) is 0 Å². The average molecular weight is 249 g/mol. The monoisotopic (exact) mass is 249 g/mol. The molecular formula is C14H19NOS. The summed E-state index contributed by atoms with van der Waals surface area (Å²) in [6.07, 6.45) is 8.44. The van der Waals surface area contributed by atoms with Gasteiger partial charge >= 0.3 is 0 Å². The van der Waals surface area contributed by atoms with Crippen LogP contribution in [0.3, 0.4) is 0 Å². The van der Waals surface area contributed by atoms with Gasteiger partial charge in [-0.2, -0.15) is 0 Å². The second kappa shape index (κ2) is 10.8. The van der Waals surface area contributed by atoms with E-state index in [0.29, 0.717) is 6.42 Å². The summed E-state index contributed by atoms with van der Waals surface area (Å²) >= 11 is 4.28. The Labute approximate surface area is 109 Å². The molecule has 0 unspecified atom stereocenters. The van der Waals surface area contributed by atoms with Crippen molar-refractivity contribution in [3.8, 4) is 12.8 Å². The Morgan fingerprint density at radius 2 is 1.82 bits per heavy atom. The van der Waals surface area contributed by atoms with Gasteiger partial charge in [0.2, 0.25) is 5.91 Å². The predicted octanol–water partition coefficient (Wildman–Crippen LogP) is 3.14. The molecule has 3 heteroatoms. The zero-order chi connectivity index (χ0) is 13.8. The Hall–Kier alpha value is -1.66. The molecule has 1 aromatic carbocycles. The highest BCUT2D eigenvalue weighted by atomic mass is 32.1. The van der Waals surface area contributed by atoms with Gasteiger partial charge < -0.3 is 5.73 Å². The van der Waals surface area contributed by atoms with E-state index in [9.17, 15) is 4.79 Å². The Kier molecular flexibility index (Phi) is 11.3. The molecule has 0 atom stereocenters. The molecule has 0 heterocycles. The molecule has 0 radical (unpaired) electrons. The lowest BCUT2D eigenvalue weighted by molar-refractivity contribution is -0.117. The van der Waals surface area contributed by atoms with Gasteiger partial charge in [-0.25, -0.2) is 0 Å². The number of carbonyl (C=O) groups is 1. The minimum atomic E-state index is -0.245. The van der Waals surface area contributed by atoms with Gasteiger partial charge in [0.15, 0.2) is 0 Å². The number of primary amides is 1. The second-order valence-corrected chi connectivity index (χ2v) is 3.60. The highest BCUT2D eigenvalue weighted by molar-refractivity contribution is 7.80. The van der Waals surface area contributed by atoms with E-state index in [-0.39, 0.29) is 5.91 Å². The molecule has 2 nitrogen and oxygen atoms in total. The van der Waals surface area contributed by atoms with E-state index in [4.69, 9.17) is 0 Å². The van der Waals surface area contributed by atoms with Crippen molar-refractivity contribution < 1.29 is 4.79 Å². The van der Waals surface area contributed by atoms with Crippen LogP contribution in [0.5, 0.6) is 0 Å². The molecule has 0 spiro atoms. The molecule has 0 aliphatic carbocycles. The lowest BCUT2D eigenvalue weighted by atomic mass is 10.1. The van der Waals surface area contributed by atoms with Gasteiger partial charge in [0, 0.05) is 11.3 Å². The molecule has 1 amide bonds. The minimum Gasteiger partial charge on any atom is -0.370 e. The van der Waals surface area contributed by atoms with Crippen LogP contribution >= 0.6 is 12.6 Å². The average Bonchev–Trinajstić information content (AvgIpc) is 2.32. The van der Waals surface area contributed by atoms with Crippen LogP contribution in [0.2, 0.25) is 0 Å². The maximum Gasteiger partial charge on any atom is 0.217 e. The van der Waals surface area contributed by atoms with E-state index in [2.05, 4.69) is 37.8 Å². The van der Waals surface area contributed by atoms with Gasteiger partial charge in [-0.05, 0) is 24.1 Å². The fourth-order valence-corrected chi connectivity index (χ4v) is 1.19. The molecule has 2 N–H and O–H groups in total. The molecule has 0 aliphatic rings. The highest BCUT2D eigenvalue weighted by Crippen LogP contribution is 2.19. The zero-order valence-electron chi connectivity index (χ0n) is 10.3. The van der Waals surface area contributed by atoms with E-state index in [0.717, 1.165) is 16.0 Å². The maximum atomic E-state index is 9.59. The molecule has 0 aromatic heterocycles. The fraction of sp³-hybridized carbons (Fsp3) is 0.214. The summed E-state index contributed by atoms with van der Waals surface area (Å²) in [4.78, 5) is 10.6. The second-order valence-electron chi connectivity index (χ2n) is 3.12. The van der Waals surface area contributed by atoms with Gasteiger partial charge in [0.1, 0.15) is 0 Å². The normalized spacial score (nSPS) is 7.82. The minimum absolute atomic E-state index is 0.245. The summed E-state index contributed by atoms with van der Waals surface area (Å²) in [7, 11) is 0. The fourth-order valence-electron chi connectivity index (χ4n) is 0.835. The summed E-state index contributed by atoms with van der Waals surface area (Å²) in [6, 6.07) is 7.94. The number of amides is 1. The number of allylic oxidation sites excluding steroid dienone is 1. The van der Waals surface area contributed by atoms with Crippen LogP contribution in [0.4, 0.5) is 0 Å². The summed E-state index contributed by atoms with van der Waals surface area (Å²) in [5.41, 5.74) is 6.84. The molecule has 17 heavy (non-hydrogen) atoms. The first-order chi connectivity index (χ1) is 7.99. The van der Waals surface area contributed by atoms with Gasteiger partial charge in [0.25, 0.3) is 0 Å². The predicted molar refractivity (Wildman–Crippen MR) is 77.8 cm³/mol. The third-order valence-electron chi connectivity index (χ3n) is 1.71. The number of carbonyl (C=O) groups excluding carboxylic acids is 1. The molecule has 0 aliphatic heterocycles. The Morgan fingerprint density at radius 3 is 2.06 bits per heavy atom. The van der Waals surface area contributed by atoms with Crippen LogP contribution in [0.25, 0.3) is 5.57 Å². The molecule has 92 valence electrons. The quantitative estimate of drug-likeness (QED) is 0.613. The summed E-state index contributed by atoms with van der Waals surface area (Å²) < 4.78 is 0. The standard InChI is InChI=1S/C9H10S.C3H7NO.C2H2/c1-7(2)8-5-3-4-6-9(8)10;1-2-3(4)5;1-2/h3-6,10H,1H2,2H3;2H2,1H3,(H2,4,5);1-2H. The Morgan fingerprint density at radius 1 is 1.41 bits per heavy atom. The number of terminal acetylenes is 1. The summed E-state index contributed by atoms with van der Waals surface area (Å²) in [5.74, 6) is -0.245. The van der Waals surface area contributed by atoms with Crippen LogP contribution in [0, 0.1) is 12.8 Å². The first kappa shape index (κ1) is 17.7. The Balaban J connectivity index is 0. The van der Waals surface area contributed by atoms with E-state index in [1.165, 1.54) is 0 Å². The third-order valence-corrected chi connectivity index (χ3v) is 2.10. The van der Waals surface area contributed by atoms with Crippen LogP contribution in [0.15, 0.2) is 35.7 Å². The summed E-state index contributed by atoms with van der Waals surface area (Å²) in [5, 5.41) is 0. The highest BCUT2D eigenvalue weighted by Gasteiger charge is 1.95. The van der Waals surface area contributed by atoms with Gasteiger partial charge in [-0.1, -0.05) is 31.7 Å². The SMILES string of the molecule is C#C.C=C(C)c1ccccc1S.CCC(N)=O.